The number of carbonyl (C=O) groups excluding carboxylic acids is 4. The molecule has 166 valence electrons. The van der Waals surface area contributed by atoms with Gasteiger partial charge in [-0.05, 0) is 31.8 Å². The lowest BCUT2D eigenvalue weighted by atomic mass is 10.1. The maximum Gasteiger partial charge on any atom is 0.326 e. The van der Waals surface area contributed by atoms with E-state index in [-0.39, 0.29) is 19.3 Å². The van der Waals surface area contributed by atoms with E-state index in [4.69, 9.17) is 11.5 Å². The molecule has 4 amide bonds. The zero-order chi connectivity index (χ0) is 22.6. The minimum atomic E-state index is -1.39. The maximum atomic E-state index is 12.5. The summed E-state index contributed by atoms with van der Waals surface area (Å²) in [6, 6.07) is -4.80. The van der Waals surface area contributed by atoms with Crippen molar-refractivity contribution in [3.8, 4) is 0 Å². The average molecular weight is 436 g/mol. The van der Waals surface area contributed by atoms with Gasteiger partial charge >= 0.3 is 5.97 Å². The van der Waals surface area contributed by atoms with Gasteiger partial charge in [0.25, 0.3) is 0 Å². The third-order valence-electron chi connectivity index (χ3n) is 3.77. The molecule has 0 aliphatic rings. The van der Waals surface area contributed by atoms with Gasteiger partial charge in [0, 0.05) is 6.42 Å². The molecule has 0 heterocycles. The molecule has 0 aromatic rings. The summed E-state index contributed by atoms with van der Waals surface area (Å²) in [4.78, 5) is 58.8. The van der Waals surface area contributed by atoms with Crippen molar-refractivity contribution in [3.05, 3.63) is 0 Å². The summed E-state index contributed by atoms with van der Waals surface area (Å²) in [5.41, 5.74) is 10.5. The van der Waals surface area contributed by atoms with Crippen molar-refractivity contribution in [2.45, 2.75) is 50.4 Å². The molecule has 4 unspecified atom stereocenters. The van der Waals surface area contributed by atoms with Gasteiger partial charge in [0.2, 0.25) is 23.6 Å². The number of aliphatic hydroxyl groups is 1. The molecule has 12 nitrogen and oxygen atoms in total. The molecule has 0 aliphatic carbocycles. The molecule has 0 aromatic carbocycles. The van der Waals surface area contributed by atoms with Crippen LogP contribution in [-0.2, 0) is 24.0 Å². The Morgan fingerprint density at radius 3 is 1.90 bits per heavy atom. The maximum absolute atomic E-state index is 12.5. The number of carbonyl (C=O) groups is 5. The number of primary amides is 1. The van der Waals surface area contributed by atoms with Crippen LogP contribution in [0.15, 0.2) is 0 Å². The molecule has 4 atom stereocenters. The highest BCUT2D eigenvalue weighted by atomic mass is 32.2. The van der Waals surface area contributed by atoms with Crippen molar-refractivity contribution >= 4 is 41.4 Å². The van der Waals surface area contributed by atoms with Gasteiger partial charge in [-0.15, -0.1) is 0 Å². The summed E-state index contributed by atoms with van der Waals surface area (Å²) in [5.74, 6) is -3.92. The molecule has 0 spiro atoms. The number of aliphatic hydroxyl groups excluding tert-OH is 1. The minimum Gasteiger partial charge on any atom is -0.480 e. The molecule has 0 fully saturated rings. The van der Waals surface area contributed by atoms with Crippen LogP contribution >= 0.6 is 11.8 Å². The van der Waals surface area contributed by atoms with E-state index in [2.05, 4.69) is 16.0 Å². The number of rotatable bonds is 14. The molecule has 0 saturated carbocycles. The number of carboxylic acids is 1. The quantitative estimate of drug-likeness (QED) is 0.147. The van der Waals surface area contributed by atoms with Crippen molar-refractivity contribution in [3.63, 3.8) is 0 Å². The lowest BCUT2D eigenvalue weighted by Gasteiger charge is -2.24. The fourth-order valence-corrected chi connectivity index (χ4v) is 2.56. The van der Waals surface area contributed by atoms with Crippen molar-refractivity contribution < 1.29 is 34.2 Å². The Kier molecular flexibility index (Phi) is 12.6. The van der Waals surface area contributed by atoms with E-state index in [1.165, 1.54) is 18.7 Å². The topological polar surface area (TPSA) is 214 Å². The van der Waals surface area contributed by atoms with Gasteiger partial charge in [0.15, 0.2) is 0 Å². The molecular weight excluding hydrogens is 406 g/mol. The number of nitrogens with two attached hydrogens (primary N) is 2. The number of hydrogen-bond acceptors (Lipinski definition) is 8. The summed E-state index contributed by atoms with van der Waals surface area (Å²) in [6.45, 7) is 0.616. The van der Waals surface area contributed by atoms with Crippen molar-refractivity contribution in [2.24, 2.45) is 11.5 Å². The highest BCUT2D eigenvalue weighted by Crippen LogP contribution is 2.04. The number of nitrogens with one attached hydrogen (secondary N) is 3. The number of carboxylic acid groups (broad SMARTS) is 1. The van der Waals surface area contributed by atoms with Gasteiger partial charge in [-0.2, -0.15) is 11.8 Å². The van der Waals surface area contributed by atoms with E-state index < -0.39 is 60.4 Å². The third kappa shape index (κ3) is 10.7. The van der Waals surface area contributed by atoms with Crippen LogP contribution in [0, 0.1) is 0 Å². The first-order valence-corrected chi connectivity index (χ1v) is 10.2. The molecule has 29 heavy (non-hydrogen) atoms. The molecule has 9 N–H and O–H groups in total. The first-order valence-electron chi connectivity index (χ1n) is 8.81. The second-order valence-electron chi connectivity index (χ2n) is 6.28. The number of aliphatic carboxylic acids is 1. The summed E-state index contributed by atoms with van der Waals surface area (Å²) >= 11 is 1.40. The largest absolute Gasteiger partial charge is 0.480 e. The van der Waals surface area contributed by atoms with Crippen LogP contribution in [0.25, 0.3) is 0 Å². The first-order chi connectivity index (χ1) is 13.5. The van der Waals surface area contributed by atoms with Crippen molar-refractivity contribution in [1.29, 1.82) is 0 Å². The fourth-order valence-electron chi connectivity index (χ4n) is 2.09. The normalized spacial score (nSPS) is 14.8. The van der Waals surface area contributed by atoms with Crippen LogP contribution in [-0.4, -0.2) is 82.6 Å². The highest BCUT2D eigenvalue weighted by Gasteiger charge is 2.29. The predicted octanol–water partition coefficient (Wildman–Crippen LogP) is -3.12. The molecule has 0 radical (unpaired) electrons. The number of thioether (sulfide) groups is 1. The number of hydrogen-bond donors (Lipinski definition) is 7. The minimum absolute atomic E-state index is 0.155. The van der Waals surface area contributed by atoms with E-state index in [0.29, 0.717) is 5.75 Å². The molecular formula is C16H29N5O7S. The van der Waals surface area contributed by atoms with Gasteiger partial charge in [-0.3, -0.25) is 19.2 Å². The highest BCUT2D eigenvalue weighted by molar-refractivity contribution is 7.98. The zero-order valence-electron chi connectivity index (χ0n) is 16.3. The third-order valence-corrected chi connectivity index (χ3v) is 4.41. The second-order valence-corrected chi connectivity index (χ2v) is 7.27. The SMILES string of the molecule is CSCCC(NC(=O)C(CCC(N)=O)NC(=O)C(CO)NC(=O)C(C)N)C(=O)O. The molecule has 0 rings (SSSR count). The Balaban J connectivity index is 5.24. The van der Waals surface area contributed by atoms with E-state index >= 15 is 0 Å². The molecule has 13 heteroatoms. The van der Waals surface area contributed by atoms with Crippen LogP contribution in [0.1, 0.15) is 26.2 Å². The standard InChI is InChI=1S/C16H29N5O7S/c1-8(17)13(24)21-11(7-22)15(26)19-9(3-4-12(18)23)14(25)20-10(16(27)28)5-6-29-2/h8-11,22H,3-7,17H2,1-2H3,(H2,18,23)(H,19,26)(H,20,25)(H,21,24)(H,27,28). The van der Waals surface area contributed by atoms with Gasteiger partial charge in [-0.1, -0.05) is 0 Å². The molecule has 0 aliphatic heterocycles. The van der Waals surface area contributed by atoms with Crippen LogP contribution in [0.2, 0.25) is 0 Å². The lowest BCUT2D eigenvalue weighted by Crippen LogP contribution is -2.58. The smallest absolute Gasteiger partial charge is 0.326 e. The molecule has 0 saturated heterocycles. The Morgan fingerprint density at radius 2 is 1.45 bits per heavy atom. The first kappa shape index (κ1) is 26.6. The number of amides is 4. The summed E-state index contributed by atoms with van der Waals surface area (Å²) in [5, 5.41) is 25.4. The summed E-state index contributed by atoms with van der Waals surface area (Å²) < 4.78 is 0. The van der Waals surface area contributed by atoms with Gasteiger partial charge < -0.3 is 37.6 Å². The summed E-state index contributed by atoms with van der Waals surface area (Å²) in [6.07, 6.45) is 1.49. The Labute approximate surface area is 172 Å². The van der Waals surface area contributed by atoms with Crippen LogP contribution in [0.4, 0.5) is 0 Å². The lowest BCUT2D eigenvalue weighted by molar-refractivity contribution is -0.142. The van der Waals surface area contributed by atoms with Crippen molar-refractivity contribution in [2.75, 3.05) is 18.6 Å². The molecule has 0 bridgehead atoms. The monoisotopic (exact) mass is 435 g/mol. The van der Waals surface area contributed by atoms with E-state index in [0.717, 1.165) is 0 Å². The van der Waals surface area contributed by atoms with E-state index in [9.17, 15) is 34.2 Å². The van der Waals surface area contributed by atoms with Crippen LogP contribution in [0.5, 0.6) is 0 Å². The Bertz CT molecular complexity index is 602. The average Bonchev–Trinajstić information content (AvgIpc) is 2.65. The van der Waals surface area contributed by atoms with Gasteiger partial charge in [0.05, 0.1) is 12.6 Å². The van der Waals surface area contributed by atoms with Crippen molar-refractivity contribution in [1.82, 2.24) is 16.0 Å². The van der Waals surface area contributed by atoms with Gasteiger partial charge in [-0.25, -0.2) is 4.79 Å². The Hall–Kier alpha value is -2.38. The van der Waals surface area contributed by atoms with Crippen LogP contribution in [0.3, 0.4) is 0 Å². The molecule has 0 aromatic heterocycles. The summed E-state index contributed by atoms with van der Waals surface area (Å²) in [7, 11) is 0. The van der Waals surface area contributed by atoms with E-state index in [1.54, 1.807) is 6.26 Å². The fraction of sp³-hybridized carbons (Fsp3) is 0.688. The predicted molar refractivity (Wildman–Crippen MR) is 106 cm³/mol. The second kappa shape index (κ2) is 13.7. The zero-order valence-corrected chi connectivity index (χ0v) is 17.2. The van der Waals surface area contributed by atoms with Crippen LogP contribution < -0.4 is 27.4 Å². The van der Waals surface area contributed by atoms with Gasteiger partial charge in [0.1, 0.15) is 18.1 Å². The van der Waals surface area contributed by atoms with E-state index in [1.807, 2.05) is 0 Å². The Morgan fingerprint density at radius 1 is 0.931 bits per heavy atom.